The number of rotatable bonds is 1. The zero-order valence-electron chi connectivity index (χ0n) is 11.3. The third-order valence-corrected chi connectivity index (χ3v) is 4.49. The number of aromatic nitrogens is 3. The van der Waals surface area contributed by atoms with Crippen molar-refractivity contribution in [2.45, 2.75) is 13.8 Å². The number of benzene rings is 2. The topological polar surface area (TPSA) is 30.2 Å². The zero-order chi connectivity index (χ0) is 13.7. The molecule has 0 amide bonds. The van der Waals surface area contributed by atoms with Crippen LogP contribution in [0.4, 0.5) is 0 Å². The molecule has 4 aromatic rings. The summed E-state index contributed by atoms with van der Waals surface area (Å²) in [6.45, 7) is 4.20. The molecular formula is C16H13N3S. The molecule has 20 heavy (non-hydrogen) atoms. The van der Waals surface area contributed by atoms with Gasteiger partial charge in [0.05, 0.1) is 10.2 Å². The maximum absolute atomic E-state index is 4.35. The van der Waals surface area contributed by atoms with E-state index in [4.69, 9.17) is 0 Å². The Bertz CT molecular complexity index is 916. The molecule has 0 N–H and O–H groups in total. The van der Waals surface area contributed by atoms with Crippen molar-refractivity contribution < 1.29 is 0 Å². The van der Waals surface area contributed by atoms with E-state index >= 15 is 0 Å². The van der Waals surface area contributed by atoms with Crippen molar-refractivity contribution in [3.8, 4) is 11.4 Å². The van der Waals surface area contributed by atoms with Crippen molar-refractivity contribution >= 4 is 26.5 Å². The van der Waals surface area contributed by atoms with Gasteiger partial charge in [0.1, 0.15) is 0 Å². The van der Waals surface area contributed by atoms with E-state index in [2.05, 4.69) is 70.9 Å². The first-order valence-corrected chi connectivity index (χ1v) is 7.35. The van der Waals surface area contributed by atoms with E-state index in [0.29, 0.717) is 0 Å². The van der Waals surface area contributed by atoms with Crippen LogP contribution in [0.2, 0.25) is 0 Å². The first-order valence-electron chi connectivity index (χ1n) is 6.54. The van der Waals surface area contributed by atoms with Gasteiger partial charge in [-0.25, -0.2) is 0 Å². The molecule has 0 atom stereocenters. The van der Waals surface area contributed by atoms with E-state index in [0.717, 1.165) is 16.3 Å². The van der Waals surface area contributed by atoms with E-state index in [9.17, 15) is 0 Å². The molecule has 0 aliphatic rings. The lowest BCUT2D eigenvalue weighted by atomic mass is 10.1. The molecule has 4 rings (SSSR count). The lowest BCUT2D eigenvalue weighted by Crippen LogP contribution is -1.88. The fourth-order valence-electron chi connectivity index (χ4n) is 2.43. The standard InChI is InChI=1S/C16H13N3S/c1-10-3-6-12(7-4-10)15-17-18-16-19(15)13-8-5-11(2)9-14(13)20-16/h3-9H,1-2H3. The van der Waals surface area contributed by atoms with Gasteiger partial charge in [0, 0.05) is 5.56 Å². The van der Waals surface area contributed by atoms with Crippen LogP contribution in [-0.4, -0.2) is 14.6 Å². The normalized spacial score (nSPS) is 11.5. The molecule has 0 unspecified atom stereocenters. The quantitative estimate of drug-likeness (QED) is 0.522. The van der Waals surface area contributed by atoms with E-state index in [1.165, 1.54) is 21.3 Å². The summed E-state index contributed by atoms with van der Waals surface area (Å²) >= 11 is 1.68. The molecule has 0 saturated carbocycles. The highest BCUT2D eigenvalue weighted by Crippen LogP contribution is 2.30. The number of nitrogens with zero attached hydrogens (tertiary/aromatic N) is 3. The second-order valence-corrected chi connectivity index (χ2v) is 6.09. The minimum Gasteiger partial charge on any atom is -0.265 e. The minimum absolute atomic E-state index is 0.912. The van der Waals surface area contributed by atoms with Crippen LogP contribution in [0, 0.1) is 13.8 Å². The fraction of sp³-hybridized carbons (Fsp3) is 0.125. The molecule has 0 aliphatic carbocycles. The van der Waals surface area contributed by atoms with Crippen LogP contribution >= 0.6 is 11.3 Å². The predicted octanol–water partition coefficient (Wildman–Crippen LogP) is 4.23. The van der Waals surface area contributed by atoms with E-state index in [1.54, 1.807) is 11.3 Å². The summed E-state index contributed by atoms with van der Waals surface area (Å²) in [6, 6.07) is 14.9. The first kappa shape index (κ1) is 11.6. The van der Waals surface area contributed by atoms with Gasteiger partial charge in [-0.3, -0.25) is 4.40 Å². The molecule has 3 nitrogen and oxygen atoms in total. The van der Waals surface area contributed by atoms with Gasteiger partial charge in [0.2, 0.25) is 4.96 Å². The molecule has 2 heterocycles. The second-order valence-electron chi connectivity index (χ2n) is 5.08. The molecule has 0 spiro atoms. The van der Waals surface area contributed by atoms with Crippen LogP contribution < -0.4 is 0 Å². The Balaban J connectivity index is 2.04. The predicted molar refractivity (Wildman–Crippen MR) is 83.3 cm³/mol. The summed E-state index contributed by atoms with van der Waals surface area (Å²) in [4.78, 5) is 0.946. The van der Waals surface area contributed by atoms with E-state index in [1.807, 2.05) is 0 Å². The summed E-state index contributed by atoms with van der Waals surface area (Å²) in [5.74, 6) is 0.912. The molecule has 0 aliphatic heterocycles. The van der Waals surface area contributed by atoms with Gasteiger partial charge in [-0.1, -0.05) is 47.2 Å². The highest BCUT2D eigenvalue weighted by Gasteiger charge is 2.13. The number of thiazole rings is 1. The smallest absolute Gasteiger partial charge is 0.217 e. The van der Waals surface area contributed by atoms with E-state index < -0.39 is 0 Å². The summed E-state index contributed by atoms with van der Waals surface area (Å²) in [7, 11) is 0. The van der Waals surface area contributed by atoms with E-state index in [-0.39, 0.29) is 0 Å². The van der Waals surface area contributed by atoms with Gasteiger partial charge in [0.15, 0.2) is 5.82 Å². The molecule has 0 fully saturated rings. The maximum Gasteiger partial charge on any atom is 0.217 e. The van der Waals surface area contributed by atoms with Crippen molar-refractivity contribution in [1.82, 2.24) is 14.6 Å². The lowest BCUT2D eigenvalue weighted by molar-refractivity contribution is 1.12. The highest BCUT2D eigenvalue weighted by atomic mass is 32.1. The molecular weight excluding hydrogens is 266 g/mol. The summed E-state index contributed by atoms with van der Waals surface area (Å²) < 4.78 is 3.40. The highest BCUT2D eigenvalue weighted by molar-refractivity contribution is 7.23. The molecule has 0 bridgehead atoms. The van der Waals surface area contributed by atoms with Crippen LogP contribution in [0.25, 0.3) is 26.6 Å². The Hall–Kier alpha value is -2.20. The lowest BCUT2D eigenvalue weighted by Gasteiger charge is -2.00. The zero-order valence-corrected chi connectivity index (χ0v) is 12.1. The SMILES string of the molecule is Cc1ccc(-c2nnc3sc4cc(C)ccc4n23)cc1. The second kappa shape index (κ2) is 4.15. The molecule has 98 valence electrons. The average molecular weight is 279 g/mol. The van der Waals surface area contributed by atoms with Crippen LogP contribution in [0.15, 0.2) is 42.5 Å². The van der Waals surface area contributed by atoms with Crippen LogP contribution in [-0.2, 0) is 0 Å². The molecule has 4 heteroatoms. The third kappa shape index (κ3) is 1.65. The van der Waals surface area contributed by atoms with Crippen molar-refractivity contribution in [3.63, 3.8) is 0 Å². The molecule has 2 aromatic heterocycles. The van der Waals surface area contributed by atoms with Crippen molar-refractivity contribution in [2.24, 2.45) is 0 Å². The number of hydrogen-bond donors (Lipinski definition) is 0. The molecule has 2 aromatic carbocycles. The summed E-state index contributed by atoms with van der Waals surface area (Å²) in [5.41, 5.74) is 4.80. The Kier molecular flexibility index (Phi) is 2.41. The Morgan fingerprint density at radius 2 is 1.65 bits per heavy atom. The van der Waals surface area contributed by atoms with Crippen LogP contribution in [0.1, 0.15) is 11.1 Å². The first-order chi connectivity index (χ1) is 9.72. The summed E-state index contributed by atoms with van der Waals surface area (Å²) in [6.07, 6.45) is 0. The molecule has 0 radical (unpaired) electrons. The Morgan fingerprint density at radius 1 is 0.900 bits per heavy atom. The average Bonchev–Trinajstić information content (AvgIpc) is 2.98. The van der Waals surface area contributed by atoms with Gasteiger partial charge in [-0.2, -0.15) is 0 Å². The van der Waals surface area contributed by atoms with Gasteiger partial charge < -0.3 is 0 Å². The van der Waals surface area contributed by atoms with Gasteiger partial charge in [-0.15, -0.1) is 10.2 Å². The summed E-state index contributed by atoms with van der Waals surface area (Å²) in [5, 5.41) is 8.67. The third-order valence-electron chi connectivity index (χ3n) is 3.50. The number of aryl methyl sites for hydroxylation is 2. The Morgan fingerprint density at radius 3 is 2.45 bits per heavy atom. The Labute approximate surface area is 120 Å². The van der Waals surface area contributed by atoms with Crippen LogP contribution in [0.5, 0.6) is 0 Å². The van der Waals surface area contributed by atoms with Crippen molar-refractivity contribution in [1.29, 1.82) is 0 Å². The maximum atomic E-state index is 4.35. The monoisotopic (exact) mass is 279 g/mol. The van der Waals surface area contributed by atoms with Crippen molar-refractivity contribution in [2.75, 3.05) is 0 Å². The van der Waals surface area contributed by atoms with Gasteiger partial charge in [0.25, 0.3) is 0 Å². The number of hydrogen-bond acceptors (Lipinski definition) is 3. The minimum atomic E-state index is 0.912. The number of fused-ring (bicyclic) bond motifs is 3. The fourth-order valence-corrected chi connectivity index (χ4v) is 3.49. The van der Waals surface area contributed by atoms with Gasteiger partial charge >= 0.3 is 0 Å². The van der Waals surface area contributed by atoms with Gasteiger partial charge in [-0.05, 0) is 31.5 Å². The van der Waals surface area contributed by atoms with Crippen LogP contribution in [0.3, 0.4) is 0 Å². The molecule has 0 saturated heterocycles. The van der Waals surface area contributed by atoms with Crippen molar-refractivity contribution in [3.05, 3.63) is 53.6 Å². The largest absolute Gasteiger partial charge is 0.265 e.